The quantitative estimate of drug-likeness (QED) is 0.560. The van der Waals surface area contributed by atoms with Gasteiger partial charge in [-0.2, -0.15) is 0 Å². The monoisotopic (exact) mass is 408 g/mol. The number of halogens is 1. The Morgan fingerprint density at radius 2 is 1.48 bits per heavy atom. The van der Waals surface area contributed by atoms with E-state index in [1.807, 2.05) is 42.5 Å². The molecule has 0 saturated carbocycles. The molecule has 3 aromatic carbocycles. The van der Waals surface area contributed by atoms with Crippen LogP contribution < -0.4 is 10.6 Å². The van der Waals surface area contributed by atoms with E-state index in [9.17, 15) is 14.7 Å². The molecule has 2 amide bonds. The third-order valence-corrected chi connectivity index (χ3v) is 4.69. The predicted octanol–water partition coefficient (Wildman–Crippen LogP) is 3.41. The van der Waals surface area contributed by atoms with Crippen molar-refractivity contribution in [2.45, 2.75) is 12.6 Å². The minimum absolute atomic E-state index is 0.272. The van der Waals surface area contributed by atoms with Gasteiger partial charge in [0.05, 0.1) is 6.61 Å². The zero-order valence-corrected chi connectivity index (χ0v) is 16.4. The maximum absolute atomic E-state index is 12.5. The van der Waals surface area contributed by atoms with Gasteiger partial charge in [-0.25, -0.2) is 0 Å². The largest absolute Gasteiger partial charge is 0.394 e. The number of carbonyl (C=O) groups is 2. The highest BCUT2D eigenvalue weighted by Crippen LogP contribution is 2.19. The van der Waals surface area contributed by atoms with Gasteiger partial charge >= 0.3 is 0 Å². The first kappa shape index (κ1) is 20.6. The van der Waals surface area contributed by atoms with Gasteiger partial charge < -0.3 is 15.7 Å². The molecule has 0 aliphatic carbocycles. The molecule has 0 bridgehead atoms. The zero-order valence-electron chi connectivity index (χ0n) is 15.6. The van der Waals surface area contributed by atoms with Crippen molar-refractivity contribution in [3.8, 4) is 11.1 Å². The maximum atomic E-state index is 12.5. The SMILES string of the molecule is O=C(NC(CO)C(=O)NCc1ccc(Cl)cc1)c1ccc(-c2ccccc2)cc1. The second-order valence-electron chi connectivity index (χ2n) is 6.50. The minimum Gasteiger partial charge on any atom is -0.394 e. The maximum Gasteiger partial charge on any atom is 0.251 e. The molecular formula is C23H21ClN2O3. The predicted molar refractivity (Wildman–Crippen MR) is 114 cm³/mol. The first-order chi connectivity index (χ1) is 14.1. The van der Waals surface area contributed by atoms with E-state index in [1.165, 1.54) is 0 Å². The molecule has 3 aromatic rings. The van der Waals surface area contributed by atoms with Crippen LogP contribution in [-0.2, 0) is 11.3 Å². The molecular weight excluding hydrogens is 388 g/mol. The van der Waals surface area contributed by atoms with Crippen LogP contribution in [0, 0.1) is 0 Å². The molecule has 3 N–H and O–H groups in total. The van der Waals surface area contributed by atoms with Crippen molar-refractivity contribution in [3.63, 3.8) is 0 Å². The van der Waals surface area contributed by atoms with Crippen LogP contribution in [-0.4, -0.2) is 29.6 Å². The lowest BCUT2D eigenvalue weighted by atomic mass is 10.0. The lowest BCUT2D eigenvalue weighted by Crippen LogP contribution is -2.48. The Labute approximate surface area is 174 Å². The number of carbonyl (C=O) groups excluding carboxylic acids is 2. The van der Waals surface area contributed by atoms with Crippen LogP contribution in [0.1, 0.15) is 15.9 Å². The smallest absolute Gasteiger partial charge is 0.251 e. The normalized spacial score (nSPS) is 11.5. The van der Waals surface area contributed by atoms with Gasteiger partial charge in [-0.05, 0) is 41.0 Å². The Balaban J connectivity index is 1.58. The Bertz CT molecular complexity index is 958. The first-order valence-corrected chi connectivity index (χ1v) is 9.54. The summed E-state index contributed by atoms with van der Waals surface area (Å²) >= 11 is 5.84. The van der Waals surface area contributed by atoms with E-state index in [1.54, 1.807) is 36.4 Å². The Hall–Kier alpha value is -3.15. The fourth-order valence-corrected chi connectivity index (χ4v) is 2.92. The molecule has 0 heterocycles. The lowest BCUT2D eigenvalue weighted by molar-refractivity contribution is -0.124. The average molecular weight is 409 g/mol. The summed E-state index contributed by atoms with van der Waals surface area (Å²) in [4.78, 5) is 24.8. The molecule has 0 fully saturated rings. The van der Waals surface area contributed by atoms with Crippen molar-refractivity contribution in [1.82, 2.24) is 10.6 Å². The molecule has 0 aromatic heterocycles. The number of hydrogen-bond acceptors (Lipinski definition) is 3. The van der Waals surface area contributed by atoms with Crippen LogP contribution in [0.15, 0.2) is 78.9 Å². The van der Waals surface area contributed by atoms with Gasteiger partial charge in [0.1, 0.15) is 6.04 Å². The van der Waals surface area contributed by atoms with Gasteiger partial charge in [0.2, 0.25) is 5.91 Å². The van der Waals surface area contributed by atoms with Crippen molar-refractivity contribution < 1.29 is 14.7 Å². The number of aliphatic hydroxyl groups excluding tert-OH is 1. The highest BCUT2D eigenvalue weighted by Gasteiger charge is 2.20. The van der Waals surface area contributed by atoms with E-state index in [-0.39, 0.29) is 6.54 Å². The fraction of sp³-hybridized carbons (Fsp3) is 0.130. The summed E-state index contributed by atoms with van der Waals surface area (Å²) in [5, 5.41) is 15.4. The van der Waals surface area contributed by atoms with E-state index < -0.39 is 24.5 Å². The molecule has 0 radical (unpaired) electrons. The van der Waals surface area contributed by atoms with Crippen LogP contribution in [0.5, 0.6) is 0 Å². The third kappa shape index (κ3) is 5.67. The van der Waals surface area contributed by atoms with Gasteiger partial charge in [0.25, 0.3) is 5.91 Å². The molecule has 0 saturated heterocycles. The van der Waals surface area contributed by atoms with Crippen molar-refractivity contribution in [2.75, 3.05) is 6.61 Å². The average Bonchev–Trinajstić information content (AvgIpc) is 2.77. The summed E-state index contributed by atoms with van der Waals surface area (Å²) in [7, 11) is 0. The summed E-state index contributed by atoms with van der Waals surface area (Å²) in [6.07, 6.45) is 0. The number of hydrogen-bond donors (Lipinski definition) is 3. The van der Waals surface area contributed by atoms with Crippen LogP contribution >= 0.6 is 11.6 Å². The fourth-order valence-electron chi connectivity index (χ4n) is 2.79. The second-order valence-corrected chi connectivity index (χ2v) is 6.93. The summed E-state index contributed by atoms with van der Waals surface area (Å²) in [5.41, 5.74) is 3.31. The zero-order chi connectivity index (χ0) is 20.6. The van der Waals surface area contributed by atoms with E-state index in [4.69, 9.17) is 11.6 Å². The van der Waals surface area contributed by atoms with Crippen molar-refractivity contribution in [1.29, 1.82) is 0 Å². The molecule has 0 spiro atoms. The van der Waals surface area contributed by atoms with Crippen LogP contribution in [0.4, 0.5) is 0 Å². The van der Waals surface area contributed by atoms with Crippen LogP contribution in [0.3, 0.4) is 0 Å². The summed E-state index contributed by atoms with van der Waals surface area (Å²) in [6.45, 7) is -0.228. The van der Waals surface area contributed by atoms with E-state index in [0.717, 1.165) is 16.7 Å². The Kier molecular flexibility index (Phi) is 7.00. The number of amides is 2. The van der Waals surface area contributed by atoms with Crippen molar-refractivity contribution in [2.24, 2.45) is 0 Å². The van der Waals surface area contributed by atoms with E-state index in [0.29, 0.717) is 10.6 Å². The van der Waals surface area contributed by atoms with Crippen LogP contribution in [0.25, 0.3) is 11.1 Å². The van der Waals surface area contributed by atoms with Gasteiger partial charge in [0, 0.05) is 17.1 Å². The second kappa shape index (κ2) is 9.87. The van der Waals surface area contributed by atoms with Gasteiger partial charge in [-0.3, -0.25) is 9.59 Å². The summed E-state index contributed by atoms with van der Waals surface area (Å²) < 4.78 is 0. The van der Waals surface area contributed by atoms with Gasteiger partial charge in [0.15, 0.2) is 0 Å². The topological polar surface area (TPSA) is 78.4 Å². The number of nitrogens with one attached hydrogen (secondary N) is 2. The molecule has 0 aliphatic rings. The molecule has 29 heavy (non-hydrogen) atoms. The molecule has 3 rings (SSSR count). The number of aliphatic hydroxyl groups is 1. The Morgan fingerprint density at radius 1 is 0.862 bits per heavy atom. The molecule has 6 heteroatoms. The summed E-state index contributed by atoms with van der Waals surface area (Å²) in [6, 6.07) is 22.9. The highest BCUT2D eigenvalue weighted by atomic mass is 35.5. The van der Waals surface area contributed by atoms with Gasteiger partial charge in [-0.1, -0.05) is 66.2 Å². The number of rotatable bonds is 7. The molecule has 148 valence electrons. The third-order valence-electron chi connectivity index (χ3n) is 4.44. The molecule has 1 unspecified atom stereocenters. The van der Waals surface area contributed by atoms with Crippen LogP contribution in [0.2, 0.25) is 5.02 Å². The van der Waals surface area contributed by atoms with E-state index in [2.05, 4.69) is 10.6 Å². The van der Waals surface area contributed by atoms with E-state index >= 15 is 0 Å². The number of benzene rings is 3. The van der Waals surface area contributed by atoms with Gasteiger partial charge in [-0.15, -0.1) is 0 Å². The van der Waals surface area contributed by atoms with Crippen molar-refractivity contribution >= 4 is 23.4 Å². The Morgan fingerprint density at radius 3 is 2.10 bits per heavy atom. The first-order valence-electron chi connectivity index (χ1n) is 9.16. The molecule has 5 nitrogen and oxygen atoms in total. The summed E-state index contributed by atoms with van der Waals surface area (Å²) in [5.74, 6) is -0.887. The minimum atomic E-state index is -1.04. The standard InChI is InChI=1S/C23H21ClN2O3/c24-20-12-6-16(7-13-20)14-25-23(29)21(15-27)26-22(28)19-10-8-18(9-11-19)17-4-2-1-3-5-17/h1-13,21,27H,14-15H2,(H,25,29)(H,26,28). The molecule has 0 aliphatic heterocycles. The lowest BCUT2D eigenvalue weighted by Gasteiger charge is -2.16. The highest BCUT2D eigenvalue weighted by molar-refractivity contribution is 6.30. The molecule has 1 atom stereocenters. The van der Waals surface area contributed by atoms with Crippen molar-refractivity contribution in [3.05, 3.63) is 95.0 Å².